The van der Waals surface area contributed by atoms with Crippen LogP contribution in [-0.2, 0) is 11.2 Å². The van der Waals surface area contributed by atoms with E-state index in [9.17, 15) is 9.59 Å². The van der Waals surface area contributed by atoms with Crippen molar-refractivity contribution < 1.29 is 9.59 Å². The zero-order chi connectivity index (χ0) is 18.4. The second-order valence-corrected chi connectivity index (χ2v) is 6.28. The van der Waals surface area contributed by atoms with Gasteiger partial charge in [0.2, 0.25) is 5.91 Å². The Balaban J connectivity index is 1.58. The Bertz CT molecular complexity index is 890. The van der Waals surface area contributed by atoms with Gasteiger partial charge in [-0.15, -0.1) is 10.2 Å². The maximum absolute atomic E-state index is 12.0. The Kier molecular flexibility index (Phi) is 5.69. The smallest absolute Gasteiger partial charge is 0.286 e. The van der Waals surface area contributed by atoms with E-state index in [1.807, 2.05) is 28.8 Å². The molecule has 0 fully saturated rings. The van der Waals surface area contributed by atoms with Gasteiger partial charge >= 0.3 is 0 Å². The van der Waals surface area contributed by atoms with E-state index in [4.69, 9.17) is 0 Å². The lowest BCUT2D eigenvalue weighted by molar-refractivity contribution is -0.119. The standard InChI is InChI=1S/C17H18N6O2S/c1-2-12-6-3-4-8-14(12)23-11-19-22-17(23)26-10-15(24)20-21-16(25)13-7-5-9-18-13/h3-9,11,18H,2,10H2,1H3,(H,20,24)(H,21,25). The molecule has 0 saturated heterocycles. The molecule has 9 heteroatoms. The summed E-state index contributed by atoms with van der Waals surface area (Å²) >= 11 is 1.24. The van der Waals surface area contributed by atoms with Crippen molar-refractivity contribution in [3.63, 3.8) is 0 Å². The largest absolute Gasteiger partial charge is 0.357 e. The monoisotopic (exact) mass is 370 g/mol. The summed E-state index contributed by atoms with van der Waals surface area (Å²) in [6.07, 6.45) is 4.14. The molecule has 0 spiro atoms. The lowest BCUT2D eigenvalue weighted by Gasteiger charge is -2.10. The van der Waals surface area contributed by atoms with E-state index in [2.05, 4.69) is 33.0 Å². The summed E-state index contributed by atoms with van der Waals surface area (Å²) in [7, 11) is 0. The van der Waals surface area contributed by atoms with Crippen molar-refractivity contribution in [3.05, 3.63) is 60.2 Å². The third-order valence-electron chi connectivity index (χ3n) is 3.64. The van der Waals surface area contributed by atoms with Crippen LogP contribution in [0.3, 0.4) is 0 Å². The molecular weight excluding hydrogens is 352 g/mol. The van der Waals surface area contributed by atoms with Crippen molar-refractivity contribution in [2.24, 2.45) is 0 Å². The SMILES string of the molecule is CCc1ccccc1-n1cnnc1SCC(=O)NNC(=O)c1ccc[nH]1. The summed E-state index contributed by atoms with van der Waals surface area (Å²) in [6.45, 7) is 2.08. The van der Waals surface area contributed by atoms with Crippen molar-refractivity contribution in [1.82, 2.24) is 30.6 Å². The van der Waals surface area contributed by atoms with Crippen LogP contribution >= 0.6 is 11.8 Å². The van der Waals surface area contributed by atoms with Gasteiger partial charge in [0.05, 0.1) is 11.4 Å². The van der Waals surface area contributed by atoms with Gasteiger partial charge in [-0.3, -0.25) is 25.0 Å². The van der Waals surface area contributed by atoms with E-state index in [1.165, 1.54) is 11.8 Å². The van der Waals surface area contributed by atoms with Crippen molar-refractivity contribution in [2.45, 2.75) is 18.5 Å². The number of hydrogen-bond acceptors (Lipinski definition) is 5. The Morgan fingerprint density at radius 1 is 1.19 bits per heavy atom. The minimum atomic E-state index is -0.409. The fourth-order valence-electron chi connectivity index (χ4n) is 2.36. The summed E-state index contributed by atoms with van der Waals surface area (Å²) in [5, 5.41) is 8.63. The molecule has 2 aromatic heterocycles. The molecule has 2 amide bonds. The number of hydrogen-bond donors (Lipinski definition) is 3. The molecule has 0 aliphatic carbocycles. The van der Waals surface area contributed by atoms with E-state index in [0.29, 0.717) is 10.9 Å². The Morgan fingerprint density at radius 2 is 2.04 bits per heavy atom. The highest BCUT2D eigenvalue weighted by molar-refractivity contribution is 7.99. The summed E-state index contributed by atoms with van der Waals surface area (Å²) in [5.41, 5.74) is 7.25. The van der Waals surface area contributed by atoms with Gasteiger partial charge in [-0.2, -0.15) is 0 Å². The third-order valence-corrected chi connectivity index (χ3v) is 4.58. The van der Waals surface area contributed by atoms with Crippen LogP contribution in [0.2, 0.25) is 0 Å². The molecule has 0 aliphatic rings. The average Bonchev–Trinajstić information content (AvgIpc) is 3.36. The predicted octanol–water partition coefficient (Wildman–Crippen LogP) is 1.71. The number of aromatic nitrogens is 4. The van der Waals surface area contributed by atoms with Crippen molar-refractivity contribution in [1.29, 1.82) is 0 Å². The van der Waals surface area contributed by atoms with Crippen LogP contribution in [0.4, 0.5) is 0 Å². The number of aromatic amines is 1. The average molecular weight is 370 g/mol. The number of benzene rings is 1. The highest BCUT2D eigenvalue weighted by Crippen LogP contribution is 2.22. The Morgan fingerprint density at radius 3 is 2.81 bits per heavy atom. The number of rotatable bonds is 6. The summed E-state index contributed by atoms with van der Waals surface area (Å²) in [5.74, 6) is -0.653. The van der Waals surface area contributed by atoms with Crippen LogP contribution in [0.5, 0.6) is 0 Å². The number of thioether (sulfide) groups is 1. The Hall–Kier alpha value is -3.07. The molecule has 0 aliphatic heterocycles. The van der Waals surface area contributed by atoms with Gasteiger partial charge in [-0.25, -0.2) is 0 Å². The second kappa shape index (κ2) is 8.34. The minimum absolute atomic E-state index is 0.0952. The van der Waals surface area contributed by atoms with Gasteiger partial charge in [-0.1, -0.05) is 36.9 Å². The zero-order valence-electron chi connectivity index (χ0n) is 14.1. The maximum atomic E-state index is 12.0. The highest BCUT2D eigenvalue weighted by atomic mass is 32.2. The van der Waals surface area contributed by atoms with Crippen LogP contribution in [0.25, 0.3) is 5.69 Å². The number of carbonyl (C=O) groups excluding carboxylic acids is 2. The fourth-order valence-corrected chi connectivity index (χ4v) is 3.09. The molecule has 0 unspecified atom stereocenters. The molecule has 0 saturated carbocycles. The van der Waals surface area contributed by atoms with Gasteiger partial charge in [0.25, 0.3) is 5.91 Å². The first-order chi connectivity index (χ1) is 12.7. The van der Waals surface area contributed by atoms with Gasteiger partial charge in [0.15, 0.2) is 5.16 Å². The molecule has 1 aromatic carbocycles. The zero-order valence-corrected chi connectivity index (χ0v) is 14.9. The van der Waals surface area contributed by atoms with Crippen molar-refractivity contribution in [3.8, 4) is 5.69 Å². The Labute approximate surface area is 154 Å². The molecule has 26 heavy (non-hydrogen) atoms. The van der Waals surface area contributed by atoms with Crippen LogP contribution in [0, 0.1) is 0 Å². The van der Waals surface area contributed by atoms with E-state index < -0.39 is 5.91 Å². The van der Waals surface area contributed by atoms with Crippen molar-refractivity contribution >= 4 is 23.6 Å². The van der Waals surface area contributed by atoms with Crippen LogP contribution in [0.1, 0.15) is 23.0 Å². The number of nitrogens with zero attached hydrogens (tertiary/aromatic N) is 3. The number of hydrazine groups is 1. The molecule has 0 atom stereocenters. The lowest BCUT2D eigenvalue weighted by Crippen LogP contribution is -2.42. The van der Waals surface area contributed by atoms with Gasteiger partial charge in [0.1, 0.15) is 12.0 Å². The first-order valence-corrected chi connectivity index (χ1v) is 9.01. The quantitative estimate of drug-likeness (QED) is 0.453. The van der Waals surface area contributed by atoms with Crippen molar-refractivity contribution in [2.75, 3.05) is 5.75 Å². The fraction of sp³-hybridized carbons (Fsp3) is 0.176. The molecular formula is C17H18N6O2S. The normalized spacial score (nSPS) is 10.5. The molecule has 8 nitrogen and oxygen atoms in total. The van der Waals surface area contributed by atoms with E-state index >= 15 is 0 Å². The van der Waals surface area contributed by atoms with Crippen LogP contribution in [-0.4, -0.2) is 37.3 Å². The molecule has 3 rings (SSSR count). The summed E-state index contributed by atoms with van der Waals surface area (Å²) in [4.78, 5) is 26.5. The van der Waals surface area contributed by atoms with Gasteiger partial charge in [0, 0.05) is 6.20 Å². The molecule has 0 radical (unpaired) electrons. The molecule has 3 N–H and O–H groups in total. The first kappa shape index (κ1) is 17.7. The van der Waals surface area contributed by atoms with E-state index in [-0.39, 0.29) is 11.7 Å². The maximum Gasteiger partial charge on any atom is 0.286 e. The second-order valence-electron chi connectivity index (χ2n) is 5.34. The number of para-hydroxylation sites is 1. The van der Waals surface area contributed by atoms with E-state index in [1.54, 1.807) is 24.7 Å². The summed E-state index contributed by atoms with van der Waals surface area (Å²) < 4.78 is 1.86. The minimum Gasteiger partial charge on any atom is -0.357 e. The summed E-state index contributed by atoms with van der Waals surface area (Å²) in [6, 6.07) is 11.3. The highest BCUT2D eigenvalue weighted by Gasteiger charge is 2.13. The number of H-pyrrole nitrogens is 1. The number of carbonyl (C=O) groups is 2. The lowest BCUT2D eigenvalue weighted by atomic mass is 10.1. The number of nitrogens with one attached hydrogen (secondary N) is 3. The van der Waals surface area contributed by atoms with E-state index in [0.717, 1.165) is 17.7 Å². The molecule has 134 valence electrons. The predicted molar refractivity (Wildman–Crippen MR) is 97.9 cm³/mol. The topological polar surface area (TPSA) is 105 Å². The first-order valence-electron chi connectivity index (χ1n) is 8.02. The van der Waals surface area contributed by atoms with Gasteiger partial charge < -0.3 is 4.98 Å². The van der Waals surface area contributed by atoms with Crippen LogP contribution in [0.15, 0.2) is 54.1 Å². The molecule has 2 heterocycles. The van der Waals surface area contributed by atoms with Gasteiger partial charge in [-0.05, 0) is 30.2 Å². The number of aryl methyl sites for hydroxylation is 1. The number of amides is 2. The third kappa shape index (κ3) is 4.12. The molecule has 0 bridgehead atoms. The van der Waals surface area contributed by atoms with Crippen LogP contribution < -0.4 is 10.9 Å². The molecule has 3 aromatic rings.